The summed E-state index contributed by atoms with van der Waals surface area (Å²) in [6.07, 6.45) is 4.84. The molecule has 35 heavy (non-hydrogen) atoms. The predicted molar refractivity (Wildman–Crippen MR) is 147 cm³/mol. The van der Waals surface area contributed by atoms with E-state index in [2.05, 4.69) is 35.3 Å². The molecule has 2 aliphatic heterocycles. The van der Waals surface area contributed by atoms with Crippen molar-refractivity contribution in [2.45, 2.75) is 59.5 Å². The van der Waals surface area contributed by atoms with E-state index < -0.39 is 25.4 Å². The Kier molecular flexibility index (Phi) is 7.74. The number of hydrogen-bond acceptors (Lipinski definition) is 4. The van der Waals surface area contributed by atoms with Crippen molar-refractivity contribution in [2.24, 2.45) is 5.41 Å². The van der Waals surface area contributed by atoms with E-state index >= 15 is 0 Å². The zero-order valence-corrected chi connectivity index (χ0v) is 23.8. The van der Waals surface area contributed by atoms with E-state index in [1.165, 1.54) is 17.1 Å². The number of piperidine rings is 1. The molecule has 0 N–H and O–H groups in total. The third-order valence-corrected chi connectivity index (χ3v) is 13.9. The van der Waals surface area contributed by atoms with Crippen molar-refractivity contribution in [3.63, 3.8) is 0 Å². The van der Waals surface area contributed by atoms with Gasteiger partial charge in [0.25, 0.3) is 0 Å². The van der Waals surface area contributed by atoms with Crippen LogP contribution in [-0.4, -0.2) is 63.0 Å². The minimum absolute atomic E-state index is 0.000351. The molecule has 0 unspecified atom stereocenters. The van der Waals surface area contributed by atoms with E-state index in [0.29, 0.717) is 18.8 Å². The molecule has 1 saturated heterocycles. The number of rotatable bonds is 4. The molecule has 190 valence electrons. The Morgan fingerprint density at radius 1 is 1.09 bits per heavy atom. The topological polar surface area (TPSA) is 62.7 Å². The van der Waals surface area contributed by atoms with Gasteiger partial charge in [0, 0.05) is 0 Å². The molecule has 2 amide bonds. The molecule has 0 atom stereocenters. The van der Waals surface area contributed by atoms with Crippen molar-refractivity contribution in [3.8, 4) is 0 Å². The van der Waals surface area contributed by atoms with Crippen LogP contribution in [-0.2, 0) is 11.2 Å². The van der Waals surface area contributed by atoms with Crippen LogP contribution in [0.5, 0.6) is 0 Å². The normalized spacial score (nSPS) is 18.2. The average Bonchev–Trinajstić information content (AvgIpc) is 2.83. The molecule has 1 fully saturated rings. The van der Waals surface area contributed by atoms with Crippen LogP contribution in [0.25, 0.3) is 0 Å². The Balaban J connectivity index is 1.54. The second kappa shape index (κ2) is 10.4. The van der Waals surface area contributed by atoms with Gasteiger partial charge in [0.2, 0.25) is 0 Å². The molecule has 4 rings (SSSR count). The molecule has 7 heteroatoms. The van der Waals surface area contributed by atoms with Gasteiger partial charge in [0.05, 0.1) is 0 Å². The van der Waals surface area contributed by atoms with E-state index in [1.54, 1.807) is 0 Å². The number of ether oxygens (including phenoxy) is 1. The van der Waals surface area contributed by atoms with Crippen molar-refractivity contribution in [1.82, 2.24) is 14.8 Å². The number of aromatic nitrogens is 1. The second-order valence-corrected chi connectivity index (χ2v) is 15.8. The molecule has 0 bridgehead atoms. The summed E-state index contributed by atoms with van der Waals surface area (Å²) in [7, 11) is 0. The maximum atomic E-state index is 12.7. The second-order valence-electron chi connectivity index (χ2n) is 10.6. The first kappa shape index (κ1) is 25.9. The van der Waals surface area contributed by atoms with Gasteiger partial charge in [-0.2, -0.15) is 0 Å². The van der Waals surface area contributed by atoms with Crippen molar-refractivity contribution in [1.29, 1.82) is 0 Å². The van der Waals surface area contributed by atoms with Crippen molar-refractivity contribution >= 4 is 31.8 Å². The number of halogens is 1. The van der Waals surface area contributed by atoms with Crippen LogP contribution in [0.4, 0.5) is 4.79 Å². The number of carbonyl (C=O) groups is 2. The molecule has 6 nitrogen and oxygen atoms in total. The molecule has 3 heterocycles. The summed E-state index contributed by atoms with van der Waals surface area (Å²) in [4.78, 5) is 33.7. The van der Waals surface area contributed by atoms with Crippen LogP contribution in [0.15, 0.2) is 42.6 Å². The quantitative estimate of drug-likeness (QED) is 0.339. The van der Waals surface area contributed by atoms with Crippen LogP contribution < -0.4 is 0 Å². The van der Waals surface area contributed by atoms with Gasteiger partial charge in [-0.25, -0.2) is 0 Å². The fourth-order valence-corrected chi connectivity index (χ4v) is 12.1. The summed E-state index contributed by atoms with van der Waals surface area (Å²) in [5, 5.41) is 0. The number of hydrogen-bond donors (Lipinski definition) is 0. The van der Waals surface area contributed by atoms with Gasteiger partial charge in [-0.3, -0.25) is 0 Å². The monoisotopic (exact) mass is 591 g/mol. The van der Waals surface area contributed by atoms with Gasteiger partial charge >= 0.3 is 217 Å². The van der Waals surface area contributed by atoms with Gasteiger partial charge < -0.3 is 0 Å². The zero-order valence-electron chi connectivity index (χ0n) is 21.6. The summed E-state index contributed by atoms with van der Waals surface area (Å²) in [6.45, 7) is 12.6. The number of pyridine rings is 1. The first-order valence-electron chi connectivity index (χ1n) is 12.6. The number of amides is 2. The van der Waals surface area contributed by atoms with Gasteiger partial charge in [0.1, 0.15) is 0 Å². The number of nitrogens with zero attached hydrogens (tertiary/aromatic N) is 3. The molecule has 2 aliphatic rings. The van der Waals surface area contributed by atoms with Crippen LogP contribution in [0.1, 0.15) is 63.5 Å². The van der Waals surface area contributed by atoms with Gasteiger partial charge in [-0.15, -0.1) is 0 Å². The van der Waals surface area contributed by atoms with Gasteiger partial charge in [-0.1, -0.05) is 0 Å². The van der Waals surface area contributed by atoms with E-state index in [-0.39, 0.29) is 17.4 Å². The Labute approximate surface area is 216 Å². The van der Waals surface area contributed by atoms with Crippen LogP contribution in [0.2, 0.25) is 0 Å². The number of fused-ring (bicyclic) bond motifs is 1. The van der Waals surface area contributed by atoms with Crippen LogP contribution in [0, 0.1) is 12.6 Å². The Morgan fingerprint density at radius 3 is 2.37 bits per heavy atom. The molecule has 1 spiro atoms. The van der Waals surface area contributed by atoms with Crippen molar-refractivity contribution in [2.75, 3.05) is 30.6 Å². The summed E-state index contributed by atoms with van der Waals surface area (Å²) >= 11 is -1.74. The summed E-state index contributed by atoms with van der Waals surface area (Å²) in [6, 6.07) is 13.0. The first-order valence-corrected chi connectivity index (χ1v) is 16.3. The summed E-state index contributed by atoms with van der Waals surface area (Å²) < 4.78 is 9.63. The molecule has 1 aromatic heterocycles. The van der Waals surface area contributed by atoms with Gasteiger partial charge in [0.15, 0.2) is 0 Å². The average molecular weight is 592 g/mol. The SMILES string of the molecule is CCN(CC)C(=O)c1ccc(I2CC3(CCN(C(=O)OC(C)(C)C)CC3)Cc3ccccc32)cn1. The number of carbonyl (C=O) groups excluding carboxylic acids is 2. The van der Waals surface area contributed by atoms with Gasteiger partial charge in [-0.05, 0) is 0 Å². The summed E-state index contributed by atoms with van der Waals surface area (Å²) in [5.74, 6) is 0.000351. The molecule has 1 aromatic carbocycles. The summed E-state index contributed by atoms with van der Waals surface area (Å²) in [5.41, 5.74) is 1.73. The minimum atomic E-state index is -1.74. The van der Waals surface area contributed by atoms with E-state index in [4.69, 9.17) is 4.74 Å². The van der Waals surface area contributed by atoms with Crippen LogP contribution in [0.3, 0.4) is 0 Å². The van der Waals surface area contributed by atoms with Crippen LogP contribution >= 0.6 is 19.8 Å². The van der Waals surface area contributed by atoms with E-state index in [0.717, 1.165) is 32.4 Å². The molecule has 0 aliphatic carbocycles. The van der Waals surface area contributed by atoms with Crippen molar-refractivity contribution in [3.05, 3.63) is 61.0 Å². The molecule has 0 radical (unpaired) electrons. The first-order chi connectivity index (χ1) is 16.6. The van der Waals surface area contributed by atoms with E-state index in [1.807, 2.05) is 56.7 Å². The zero-order chi connectivity index (χ0) is 25.2. The molecular formula is C28H38IN3O3. The fraction of sp³-hybridized carbons (Fsp3) is 0.536. The number of alkyl halides is 1. The Bertz CT molecular complexity index is 1050. The third-order valence-electron chi connectivity index (χ3n) is 6.92. The molecular weight excluding hydrogens is 553 g/mol. The third kappa shape index (κ3) is 5.81. The molecule has 0 saturated carbocycles. The van der Waals surface area contributed by atoms with Crippen molar-refractivity contribution < 1.29 is 14.3 Å². The number of likely N-dealkylation sites (tertiary alicyclic amines) is 1. The fourth-order valence-electron chi connectivity index (χ4n) is 4.98. The predicted octanol–water partition coefficient (Wildman–Crippen LogP) is 5.68. The van der Waals surface area contributed by atoms with E-state index in [9.17, 15) is 9.59 Å². The standard InChI is InChI=1S/C28H38IN3O3/c1-6-31(7-2)25(33)24-13-12-22(19-30-24)29-20-28(18-21-10-8-9-11-23(21)29)14-16-32(17-15-28)26(34)35-27(3,4)5/h8-13,19H,6-7,14-18,20H2,1-5H3. The maximum absolute atomic E-state index is 12.7. The molecule has 2 aromatic rings. The number of benzene rings is 1. The Hall–Kier alpha value is -2.16. The Morgan fingerprint density at radius 2 is 1.77 bits per heavy atom.